The van der Waals surface area contributed by atoms with Gasteiger partial charge < -0.3 is 9.30 Å². The fraction of sp³-hybridized carbons (Fsp3) is 0.319. The van der Waals surface area contributed by atoms with Crippen LogP contribution in [-0.2, 0) is 38.3 Å². The first kappa shape index (κ1) is 38.3. The van der Waals surface area contributed by atoms with Crippen LogP contribution in [0.3, 0.4) is 0 Å². The molecule has 0 aliphatic rings. The molecule has 4 aromatic carbocycles. The zero-order valence-electron chi connectivity index (χ0n) is 32.9. The molecule has 0 unspecified atom stereocenters. The number of pyridine rings is 1. The normalized spacial score (nSPS) is 12.2. The first-order valence-electron chi connectivity index (χ1n) is 18.4. The predicted molar refractivity (Wildman–Crippen MR) is 215 cm³/mol. The summed E-state index contributed by atoms with van der Waals surface area (Å²) >= 11 is 0. The minimum atomic E-state index is -0.204. The van der Waals surface area contributed by atoms with Crippen LogP contribution >= 0.6 is 0 Å². The number of hydrogen-bond donors (Lipinski definition) is 0. The van der Waals surface area contributed by atoms with E-state index in [1.165, 1.54) is 27.8 Å². The van der Waals surface area contributed by atoms with Crippen molar-refractivity contribution >= 4 is 21.8 Å². The minimum Gasteiger partial charge on any atom is -0.509 e. The molecule has 7 rings (SSSR count). The molecule has 0 atom stereocenters. The van der Waals surface area contributed by atoms with Crippen molar-refractivity contribution in [2.45, 2.75) is 93.4 Å². The molecule has 274 valence electrons. The van der Waals surface area contributed by atoms with Gasteiger partial charge in [0.25, 0.3) is 0 Å². The minimum absolute atomic E-state index is 0. The predicted octanol–water partition coefficient (Wildman–Crippen LogP) is 12.1. The van der Waals surface area contributed by atoms with Gasteiger partial charge in [-0.05, 0) is 90.1 Å². The van der Waals surface area contributed by atoms with Gasteiger partial charge in [0.05, 0.1) is 11.4 Å². The van der Waals surface area contributed by atoms with Crippen molar-refractivity contribution in [3.05, 3.63) is 131 Å². The number of nitrogens with zero attached hydrogens (tertiary/aromatic N) is 4. The molecule has 3 heterocycles. The van der Waals surface area contributed by atoms with Crippen molar-refractivity contribution in [3.63, 3.8) is 0 Å². The Labute approximate surface area is 329 Å². The molecule has 53 heavy (non-hydrogen) atoms. The van der Waals surface area contributed by atoms with Crippen LogP contribution < -0.4 is 4.74 Å². The average Bonchev–Trinajstić information content (AvgIpc) is 3.59. The van der Waals surface area contributed by atoms with Crippen LogP contribution in [0.4, 0.5) is 0 Å². The van der Waals surface area contributed by atoms with Gasteiger partial charge in [-0.1, -0.05) is 97.3 Å². The largest absolute Gasteiger partial charge is 2.00 e. The summed E-state index contributed by atoms with van der Waals surface area (Å²) in [6, 6.07) is 35.1. The summed E-state index contributed by atoms with van der Waals surface area (Å²) in [5.41, 5.74) is 12.0. The monoisotopic (exact) mass is 881 g/mol. The maximum atomic E-state index is 6.75. The summed E-state index contributed by atoms with van der Waals surface area (Å²) in [6.07, 6.45) is 2.91. The molecule has 0 radical (unpaired) electrons. The average molecular weight is 882 g/mol. The molecule has 0 spiro atoms. The van der Waals surface area contributed by atoms with E-state index in [2.05, 4.69) is 170 Å². The van der Waals surface area contributed by atoms with Gasteiger partial charge in [0.15, 0.2) is 0 Å². The Morgan fingerprint density at radius 3 is 2.13 bits per heavy atom. The first-order chi connectivity index (χ1) is 24.6. The molecule has 5 nitrogen and oxygen atoms in total. The molecule has 0 amide bonds. The Bertz CT molecular complexity index is 2430. The van der Waals surface area contributed by atoms with Crippen LogP contribution in [0.15, 0.2) is 85.1 Å². The molecule has 0 saturated heterocycles. The molecule has 3 aromatic heterocycles. The molecule has 6 heteroatoms. The number of fused-ring (bicyclic) bond motifs is 3. The van der Waals surface area contributed by atoms with E-state index in [4.69, 9.17) is 14.8 Å². The third kappa shape index (κ3) is 7.38. The van der Waals surface area contributed by atoms with Crippen LogP contribution in [0.25, 0.3) is 44.4 Å². The molecule has 0 saturated carbocycles. The number of ether oxygens (including phenoxy) is 1. The number of rotatable bonds is 7. The van der Waals surface area contributed by atoms with E-state index in [-0.39, 0.29) is 31.9 Å². The third-order valence-corrected chi connectivity index (χ3v) is 9.89. The van der Waals surface area contributed by atoms with Crippen molar-refractivity contribution in [2.75, 3.05) is 0 Å². The summed E-state index contributed by atoms with van der Waals surface area (Å²) in [4.78, 5) is 4.84. The zero-order chi connectivity index (χ0) is 37.1. The maximum absolute atomic E-state index is 6.75. The fourth-order valence-corrected chi connectivity index (χ4v) is 7.50. The standard InChI is InChI=1S/C47H50N4O.Pt/c1-29(2)23-33-21-22-48-42(24-33)50-40-18-13-12-17-38(40)39-20-19-36(28-41(39)50)52-37-26-34(46(6,7)8)25-35(27-37)51-45(47(9,10)11)44(32(5)49-51)43-30(3)15-14-16-31(43)4;/h12-22,24-26,29H,23H2,1-11H3;/q-2;+2. The van der Waals surface area contributed by atoms with Crippen LogP contribution in [0.1, 0.15) is 89.0 Å². The van der Waals surface area contributed by atoms with Gasteiger partial charge in [-0.25, -0.2) is 4.98 Å². The van der Waals surface area contributed by atoms with E-state index in [1.54, 1.807) is 0 Å². The van der Waals surface area contributed by atoms with Gasteiger partial charge in [-0.3, -0.25) is 4.68 Å². The number of aryl methyl sites for hydroxylation is 3. The van der Waals surface area contributed by atoms with Gasteiger partial charge in [0.1, 0.15) is 5.82 Å². The van der Waals surface area contributed by atoms with Crippen molar-refractivity contribution in [3.8, 4) is 34.1 Å². The second kappa shape index (κ2) is 14.4. The summed E-state index contributed by atoms with van der Waals surface area (Å²) < 4.78 is 11.1. The number of benzene rings is 4. The van der Waals surface area contributed by atoms with Crippen LogP contribution in [0.2, 0.25) is 0 Å². The van der Waals surface area contributed by atoms with E-state index < -0.39 is 0 Å². The summed E-state index contributed by atoms with van der Waals surface area (Å²) in [5, 5.41) is 7.48. The Morgan fingerprint density at radius 1 is 0.736 bits per heavy atom. The molecular weight excluding hydrogens is 832 g/mol. The number of aromatic nitrogens is 4. The van der Waals surface area contributed by atoms with Crippen molar-refractivity contribution < 1.29 is 25.8 Å². The van der Waals surface area contributed by atoms with Gasteiger partial charge >= 0.3 is 21.1 Å². The molecule has 7 aromatic rings. The summed E-state index contributed by atoms with van der Waals surface area (Å²) in [5.74, 6) is 2.67. The van der Waals surface area contributed by atoms with E-state index in [1.807, 2.05) is 12.3 Å². The third-order valence-electron chi connectivity index (χ3n) is 9.89. The topological polar surface area (TPSA) is 44.9 Å². The molecular formula is C47H50N4OPt. The van der Waals surface area contributed by atoms with E-state index in [9.17, 15) is 0 Å². The number of para-hydroxylation sites is 1. The quantitative estimate of drug-likeness (QED) is 0.150. The van der Waals surface area contributed by atoms with Crippen molar-refractivity contribution in [2.24, 2.45) is 5.92 Å². The molecule has 0 aliphatic heterocycles. The molecule has 0 bridgehead atoms. The second-order valence-electron chi connectivity index (χ2n) is 16.8. The SMILES string of the molecule is Cc1cccc(C)c1-c1c(C)nn(-c2[c-]c(Oc3[c-]c4c(cc3)c3ccccc3n4-c3cc(CC(C)C)ccn3)cc(C(C)(C)C)c2)c1C(C)(C)C.[Pt+2]. The zero-order valence-corrected chi connectivity index (χ0v) is 35.2. The van der Waals surface area contributed by atoms with Gasteiger partial charge in [-0.15, -0.1) is 41.3 Å². The first-order valence-corrected chi connectivity index (χ1v) is 18.4. The smallest absolute Gasteiger partial charge is 0.509 e. The van der Waals surface area contributed by atoms with Gasteiger partial charge in [0, 0.05) is 34.2 Å². The summed E-state index contributed by atoms with van der Waals surface area (Å²) in [7, 11) is 0. The van der Waals surface area contributed by atoms with Crippen LogP contribution in [0, 0.1) is 38.8 Å². The number of hydrogen-bond acceptors (Lipinski definition) is 3. The Hall–Kier alpha value is -4.47. The summed E-state index contributed by atoms with van der Waals surface area (Å²) in [6.45, 7) is 24.5. The molecule has 0 aliphatic carbocycles. The Morgan fingerprint density at radius 2 is 1.45 bits per heavy atom. The molecule has 0 fully saturated rings. The fourth-order valence-electron chi connectivity index (χ4n) is 7.50. The molecule has 0 N–H and O–H groups in total. The van der Waals surface area contributed by atoms with Crippen molar-refractivity contribution in [1.82, 2.24) is 19.3 Å². The van der Waals surface area contributed by atoms with Crippen LogP contribution in [0.5, 0.6) is 11.5 Å². The van der Waals surface area contributed by atoms with E-state index >= 15 is 0 Å². The van der Waals surface area contributed by atoms with Gasteiger partial charge in [-0.2, -0.15) is 11.2 Å². The Balaban J connectivity index is 0.00000481. The van der Waals surface area contributed by atoms with Crippen LogP contribution in [-0.4, -0.2) is 19.3 Å². The van der Waals surface area contributed by atoms with Gasteiger partial charge in [0.2, 0.25) is 0 Å². The van der Waals surface area contributed by atoms with E-state index in [0.29, 0.717) is 17.4 Å². The second-order valence-corrected chi connectivity index (χ2v) is 16.8. The van der Waals surface area contributed by atoms with E-state index in [0.717, 1.165) is 56.7 Å². The Kier molecular flexibility index (Phi) is 10.4. The van der Waals surface area contributed by atoms with Crippen molar-refractivity contribution in [1.29, 1.82) is 0 Å². The maximum Gasteiger partial charge on any atom is 2.00 e.